The summed E-state index contributed by atoms with van der Waals surface area (Å²) in [6, 6.07) is 10.4. The van der Waals surface area contributed by atoms with Crippen LogP contribution >= 0.6 is 11.3 Å². The maximum Gasteiger partial charge on any atom is 0.246 e. The van der Waals surface area contributed by atoms with E-state index in [9.17, 15) is 28.7 Å². The van der Waals surface area contributed by atoms with E-state index in [0.717, 1.165) is 21.7 Å². The van der Waals surface area contributed by atoms with Gasteiger partial charge in [-0.05, 0) is 85.8 Å². The van der Waals surface area contributed by atoms with E-state index in [2.05, 4.69) is 15.6 Å². The largest absolute Gasteiger partial charge is 0.493 e. The molecule has 1 aromatic heterocycles. The Morgan fingerprint density at radius 2 is 1.78 bits per heavy atom. The zero-order chi connectivity index (χ0) is 39.6. The van der Waals surface area contributed by atoms with Crippen molar-refractivity contribution in [1.82, 2.24) is 20.5 Å². The Kier molecular flexibility index (Phi) is 15.1. The minimum atomic E-state index is -0.916. The molecular formula is C41H56FN5O6S. The smallest absolute Gasteiger partial charge is 0.246 e. The molecule has 1 fully saturated rings. The van der Waals surface area contributed by atoms with Crippen molar-refractivity contribution >= 4 is 35.0 Å². The molecule has 11 nitrogen and oxygen atoms in total. The van der Waals surface area contributed by atoms with Gasteiger partial charge in [-0.2, -0.15) is 0 Å². The summed E-state index contributed by atoms with van der Waals surface area (Å²) in [4.78, 5) is 58.6. The number of unbranched alkanes of at least 4 members (excludes halogenated alkanes) is 2. The minimum Gasteiger partial charge on any atom is -0.493 e. The van der Waals surface area contributed by atoms with Gasteiger partial charge in [0.25, 0.3) is 0 Å². The number of aliphatic hydroxyl groups excluding tert-OH is 1. The molecule has 5 N–H and O–H groups in total. The molecule has 4 amide bonds. The number of carbonyl (C=O) groups is 4. The molecular weight excluding hydrogens is 710 g/mol. The summed E-state index contributed by atoms with van der Waals surface area (Å²) >= 11 is 1.57. The summed E-state index contributed by atoms with van der Waals surface area (Å²) in [6.07, 6.45) is 2.66. The van der Waals surface area contributed by atoms with E-state index < -0.39 is 29.5 Å². The van der Waals surface area contributed by atoms with Crippen molar-refractivity contribution in [2.75, 3.05) is 13.2 Å². The average Bonchev–Trinajstić information content (AvgIpc) is 3.74. The quantitative estimate of drug-likeness (QED) is 0.115. The Balaban J connectivity index is 1.27. The molecule has 0 bridgehead atoms. The van der Waals surface area contributed by atoms with Crippen LogP contribution in [0, 0.1) is 24.1 Å². The first kappa shape index (κ1) is 42.4. The third-order valence-electron chi connectivity index (χ3n) is 9.85. The van der Waals surface area contributed by atoms with Crippen LogP contribution in [-0.4, -0.2) is 70.0 Å². The molecule has 4 rings (SSSR count). The van der Waals surface area contributed by atoms with Crippen LogP contribution in [0.25, 0.3) is 10.4 Å². The number of aryl methyl sites for hydroxylation is 2. The number of halogens is 1. The first-order valence-corrected chi connectivity index (χ1v) is 19.7. The van der Waals surface area contributed by atoms with Gasteiger partial charge in [0.05, 0.1) is 34.8 Å². The zero-order valence-electron chi connectivity index (χ0n) is 32.3. The second-order valence-electron chi connectivity index (χ2n) is 15.6. The van der Waals surface area contributed by atoms with Gasteiger partial charge in [-0.15, -0.1) is 11.3 Å². The molecule has 0 aliphatic carbocycles. The summed E-state index contributed by atoms with van der Waals surface area (Å²) in [5.41, 5.74) is 9.80. The molecule has 1 saturated heterocycles. The maximum atomic E-state index is 14.5. The summed E-state index contributed by atoms with van der Waals surface area (Å²) in [6.45, 7) is 11.7. The zero-order valence-corrected chi connectivity index (χ0v) is 33.1. The predicted molar refractivity (Wildman–Crippen MR) is 208 cm³/mol. The first-order chi connectivity index (χ1) is 25.5. The second kappa shape index (κ2) is 19.3. The Morgan fingerprint density at radius 1 is 1.06 bits per heavy atom. The van der Waals surface area contributed by atoms with Gasteiger partial charge in [-0.3, -0.25) is 19.2 Å². The maximum absolute atomic E-state index is 14.5. The van der Waals surface area contributed by atoms with Crippen molar-refractivity contribution in [2.24, 2.45) is 17.1 Å². The first-order valence-electron chi connectivity index (χ1n) is 18.8. The van der Waals surface area contributed by atoms with Crippen molar-refractivity contribution < 1.29 is 33.4 Å². The van der Waals surface area contributed by atoms with E-state index in [-0.39, 0.29) is 61.3 Å². The summed E-state index contributed by atoms with van der Waals surface area (Å²) in [5, 5.41) is 16.5. The number of primary amides is 1. The van der Waals surface area contributed by atoms with Crippen molar-refractivity contribution in [1.29, 1.82) is 0 Å². The number of ether oxygens (including phenoxy) is 1. The molecule has 3 aromatic rings. The van der Waals surface area contributed by atoms with E-state index in [0.29, 0.717) is 50.0 Å². The molecule has 1 aliphatic heterocycles. The van der Waals surface area contributed by atoms with Gasteiger partial charge in [-0.25, -0.2) is 9.37 Å². The van der Waals surface area contributed by atoms with Gasteiger partial charge < -0.3 is 31.1 Å². The van der Waals surface area contributed by atoms with Crippen molar-refractivity contribution in [3.05, 3.63) is 70.6 Å². The summed E-state index contributed by atoms with van der Waals surface area (Å²) < 4.78 is 20.3. The van der Waals surface area contributed by atoms with Gasteiger partial charge in [0.2, 0.25) is 23.6 Å². The number of benzene rings is 2. The Bertz CT molecular complexity index is 1740. The highest BCUT2D eigenvalue weighted by Gasteiger charge is 2.44. The Hall–Kier alpha value is -4.36. The van der Waals surface area contributed by atoms with Gasteiger partial charge in [0.15, 0.2) is 0 Å². The van der Waals surface area contributed by atoms with E-state index in [1.165, 1.54) is 11.0 Å². The van der Waals surface area contributed by atoms with Crippen LogP contribution in [0.5, 0.6) is 5.75 Å². The lowest BCUT2D eigenvalue weighted by molar-refractivity contribution is -0.144. The lowest BCUT2D eigenvalue weighted by atomic mass is 9.85. The Morgan fingerprint density at radius 3 is 2.43 bits per heavy atom. The molecule has 54 heavy (non-hydrogen) atoms. The number of rotatable bonds is 18. The van der Waals surface area contributed by atoms with Gasteiger partial charge in [0, 0.05) is 25.8 Å². The molecule has 5 atom stereocenters. The molecule has 0 unspecified atom stereocenters. The third-order valence-corrected chi connectivity index (χ3v) is 10.8. The number of nitrogens with two attached hydrogens (primary N) is 1. The fourth-order valence-corrected chi connectivity index (χ4v) is 7.38. The molecule has 2 heterocycles. The van der Waals surface area contributed by atoms with E-state index >= 15 is 0 Å². The number of aliphatic hydroxyl groups is 1. The van der Waals surface area contributed by atoms with Crippen LogP contribution in [0.2, 0.25) is 0 Å². The number of amides is 4. The molecule has 294 valence electrons. The average molecular weight is 766 g/mol. The molecule has 0 radical (unpaired) electrons. The molecule has 0 spiro atoms. The topological polar surface area (TPSA) is 164 Å². The molecule has 0 saturated carbocycles. The van der Waals surface area contributed by atoms with Gasteiger partial charge in [-0.1, -0.05) is 58.4 Å². The van der Waals surface area contributed by atoms with Crippen LogP contribution in [0.4, 0.5) is 4.39 Å². The highest BCUT2D eigenvalue weighted by Crippen LogP contribution is 2.30. The number of thiazole rings is 1. The fraction of sp³-hybridized carbons (Fsp3) is 0.537. The molecule has 1 aliphatic rings. The van der Waals surface area contributed by atoms with Crippen molar-refractivity contribution in [3.8, 4) is 16.2 Å². The van der Waals surface area contributed by atoms with Gasteiger partial charge in [0.1, 0.15) is 23.7 Å². The summed E-state index contributed by atoms with van der Waals surface area (Å²) in [5.74, 6) is -1.06. The number of nitrogens with one attached hydrogen (secondary N) is 2. The molecule has 2 aromatic carbocycles. The number of β-amino-alcohol motifs (C(OH)–C–C–N with tert-alkyl or cyclic N) is 1. The van der Waals surface area contributed by atoms with Crippen LogP contribution in [0.3, 0.4) is 0 Å². The number of hydrogen-bond acceptors (Lipinski definition) is 8. The lowest BCUT2D eigenvalue weighted by Gasteiger charge is -2.35. The van der Waals surface area contributed by atoms with Crippen molar-refractivity contribution in [3.63, 3.8) is 0 Å². The minimum absolute atomic E-state index is 0.00618. The third kappa shape index (κ3) is 12.1. The SMILES string of the molecule is Cc1ncsc1-c1ccc([C@H](C)NC(=O)[C@@H]2C[C@@H](O)CN2C(=O)[C@@H](NC(=O)CCCCCc2cc(OC[C@@H](C)CCC(N)=O)ccc2F)C(C)(C)C)cc1. The predicted octanol–water partition coefficient (Wildman–Crippen LogP) is 6.01. The number of carbonyl (C=O) groups excluding carboxylic acids is 4. The van der Waals surface area contributed by atoms with Gasteiger partial charge >= 0.3 is 0 Å². The standard InChI is InChI=1S/C41H56FN5O6S/c1-25(12-19-35(43)49)23-53-32-17-18-33(42)30(20-32)10-8-7-9-11-36(50)46-38(41(4,5)6)40(52)47-22-31(48)21-34(47)39(51)45-26(2)28-13-15-29(16-14-28)37-27(3)44-24-54-37/h13-18,20,24-26,31,34,38,48H,7-12,19,21-23H2,1-6H3,(H2,43,49)(H,45,51)(H,46,50)/t25-,26-,31+,34-,38+/m0/s1. The number of nitrogens with zero attached hydrogens (tertiary/aromatic N) is 2. The van der Waals surface area contributed by atoms with Crippen LogP contribution < -0.4 is 21.1 Å². The number of aromatic nitrogens is 1. The highest BCUT2D eigenvalue weighted by atomic mass is 32.1. The van der Waals surface area contributed by atoms with E-state index in [1.54, 1.807) is 23.5 Å². The monoisotopic (exact) mass is 765 g/mol. The van der Waals surface area contributed by atoms with E-state index in [1.807, 2.05) is 71.3 Å². The highest BCUT2D eigenvalue weighted by molar-refractivity contribution is 7.13. The van der Waals surface area contributed by atoms with Crippen LogP contribution in [0.1, 0.15) is 102 Å². The fourth-order valence-electron chi connectivity index (χ4n) is 6.57. The van der Waals surface area contributed by atoms with Crippen molar-refractivity contribution in [2.45, 2.75) is 117 Å². The van der Waals surface area contributed by atoms with Crippen LogP contribution in [-0.2, 0) is 25.6 Å². The molecule has 13 heteroatoms. The number of hydrogen-bond donors (Lipinski definition) is 4. The van der Waals surface area contributed by atoms with Crippen LogP contribution in [0.15, 0.2) is 48.0 Å². The normalized spacial score (nSPS) is 17.4. The lowest BCUT2D eigenvalue weighted by Crippen LogP contribution is -2.57. The second-order valence-corrected chi connectivity index (χ2v) is 16.5. The van der Waals surface area contributed by atoms with E-state index in [4.69, 9.17) is 10.5 Å². The number of likely N-dealkylation sites (tertiary alicyclic amines) is 1. The Labute approximate surface area is 322 Å². The summed E-state index contributed by atoms with van der Waals surface area (Å²) in [7, 11) is 0.